The Bertz CT molecular complexity index is 223. The van der Waals surface area contributed by atoms with Crippen molar-refractivity contribution in [2.75, 3.05) is 0 Å². The van der Waals surface area contributed by atoms with Gasteiger partial charge in [-0.3, -0.25) is 4.79 Å². The van der Waals surface area contributed by atoms with Crippen molar-refractivity contribution in [3.05, 3.63) is 12.2 Å². The molecule has 1 aliphatic rings. The lowest BCUT2D eigenvalue weighted by atomic mass is 9.87. The highest BCUT2D eigenvalue weighted by atomic mass is 16.1. The van der Waals surface area contributed by atoms with Gasteiger partial charge in [0.05, 0.1) is 6.04 Å². The van der Waals surface area contributed by atoms with Crippen LogP contribution in [0.1, 0.15) is 33.1 Å². The van der Waals surface area contributed by atoms with Gasteiger partial charge in [-0.05, 0) is 25.2 Å². The van der Waals surface area contributed by atoms with Crippen molar-refractivity contribution in [2.24, 2.45) is 11.7 Å². The lowest BCUT2D eigenvalue weighted by Crippen LogP contribution is -2.49. The molecule has 0 bridgehead atoms. The summed E-state index contributed by atoms with van der Waals surface area (Å²) in [6.07, 6.45) is 7.40. The van der Waals surface area contributed by atoms with E-state index in [9.17, 15) is 4.79 Å². The number of amides is 1. The summed E-state index contributed by atoms with van der Waals surface area (Å²) < 4.78 is 0. The van der Waals surface area contributed by atoms with Crippen LogP contribution in [-0.2, 0) is 4.79 Å². The molecule has 0 spiro atoms. The van der Waals surface area contributed by atoms with Crippen LogP contribution >= 0.6 is 0 Å². The van der Waals surface area contributed by atoms with E-state index in [4.69, 9.17) is 5.73 Å². The van der Waals surface area contributed by atoms with E-state index in [0.717, 1.165) is 19.3 Å². The van der Waals surface area contributed by atoms with E-state index in [0.29, 0.717) is 12.0 Å². The molecule has 0 fully saturated rings. The summed E-state index contributed by atoms with van der Waals surface area (Å²) in [6.45, 7) is 4.07. The molecule has 0 aliphatic heterocycles. The van der Waals surface area contributed by atoms with Crippen molar-refractivity contribution >= 4 is 5.91 Å². The second-order valence-corrected chi connectivity index (χ2v) is 4.25. The zero-order chi connectivity index (χ0) is 10.6. The van der Waals surface area contributed by atoms with E-state index < -0.39 is 0 Å². The summed E-state index contributed by atoms with van der Waals surface area (Å²) in [5, 5.41) is 3.24. The molecule has 1 rings (SSSR count). The zero-order valence-electron chi connectivity index (χ0n) is 8.99. The first kappa shape index (κ1) is 11.2. The van der Waals surface area contributed by atoms with Crippen LogP contribution in [0.5, 0.6) is 0 Å². The van der Waals surface area contributed by atoms with Gasteiger partial charge in [0.2, 0.25) is 5.91 Å². The van der Waals surface area contributed by atoms with Gasteiger partial charge in [-0.1, -0.05) is 26.0 Å². The van der Waals surface area contributed by atoms with E-state index in [2.05, 4.69) is 17.5 Å². The van der Waals surface area contributed by atoms with E-state index in [-0.39, 0.29) is 11.9 Å². The van der Waals surface area contributed by atoms with Crippen LogP contribution in [0.25, 0.3) is 0 Å². The Morgan fingerprint density at radius 1 is 1.50 bits per heavy atom. The van der Waals surface area contributed by atoms with Crippen molar-refractivity contribution in [1.29, 1.82) is 0 Å². The minimum atomic E-state index is -0.223. The number of carbonyl (C=O) groups is 1. The summed E-state index contributed by atoms with van der Waals surface area (Å²) in [5.41, 5.74) is 5.39. The normalized spacial score (nSPS) is 23.8. The molecule has 0 aromatic heterocycles. The summed E-state index contributed by atoms with van der Waals surface area (Å²) in [6, 6.07) is 0.137. The van der Waals surface area contributed by atoms with E-state index in [1.54, 1.807) is 0 Å². The Hall–Kier alpha value is -0.830. The standard InChI is InChI=1S/C11H20N2O/c1-8(2)13-10(11(12)14)9-6-4-3-5-7-9/h3-4,8-10,13H,5-7H2,1-2H3,(H2,12,14). The number of rotatable bonds is 4. The molecule has 3 nitrogen and oxygen atoms in total. The summed E-state index contributed by atoms with van der Waals surface area (Å²) in [7, 11) is 0. The molecule has 14 heavy (non-hydrogen) atoms. The van der Waals surface area contributed by atoms with E-state index in [1.165, 1.54) is 0 Å². The molecule has 0 aromatic rings. The molecule has 1 amide bonds. The first-order chi connectivity index (χ1) is 6.61. The van der Waals surface area contributed by atoms with Gasteiger partial charge >= 0.3 is 0 Å². The molecule has 0 aromatic carbocycles. The van der Waals surface area contributed by atoms with Gasteiger partial charge in [0.1, 0.15) is 0 Å². The topological polar surface area (TPSA) is 55.1 Å². The fraction of sp³-hybridized carbons (Fsp3) is 0.727. The quantitative estimate of drug-likeness (QED) is 0.664. The largest absolute Gasteiger partial charge is 0.368 e. The molecular weight excluding hydrogens is 176 g/mol. The Labute approximate surface area is 85.7 Å². The Kier molecular flexibility index (Phi) is 4.14. The predicted molar refractivity (Wildman–Crippen MR) is 57.7 cm³/mol. The summed E-state index contributed by atoms with van der Waals surface area (Å²) in [4.78, 5) is 11.3. The van der Waals surface area contributed by atoms with Gasteiger partial charge in [-0.15, -0.1) is 0 Å². The third-order valence-electron chi connectivity index (χ3n) is 2.60. The molecule has 0 saturated carbocycles. The summed E-state index contributed by atoms with van der Waals surface area (Å²) in [5.74, 6) is 0.152. The van der Waals surface area contributed by atoms with Gasteiger partial charge in [0, 0.05) is 6.04 Å². The summed E-state index contributed by atoms with van der Waals surface area (Å²) >= 11 is 0. The highest BCUT2D eigenvalue weighted by Gasteiger charge is 2.26. The molecule has 1 aliphatic carbocycles. The van der Waals surface area contributed by atoms with Gasteiger partial charge in [0.15, 0.2) is 0 Å². The average molecular weight is 196 g/mol. The molecule has 0 saturated heterocycles. The Morgan fingerprint density at radius 3 is 2.64 bits per heavy atom. The average Bonchev–Trinajstić information content (AvgIpc) is 2.15. The smallest absolute Gasteiger partial charge is 0.234 e. The number of hydrogen-bond donors (Lipinski definition) is 2. The lowest BCUT2D eigenvalue weighted by Gasteiger charge is -2.28. The van der Waals surface area contributed by atoms with Crippen LogP contribution in [0.2, 0.25) is 0 Å². The molecular formula is C11H20N2O. The second kappa shape index (κ2) is 5.15. The molecule has 2 unspecified atom stereocenters. The van der Waals surface area contributed by atoms with Crippen molar-refractivity contribution in [2.45, 2.75) is 45.2 Å². The Balaban J connectivity index is 2.57. The molecule has 0 radical (unpaired) electrons. The van der Waals surface area contributed by atoms with Crippen LogP contribution in [0, 0.1) is 5.92 Å². The molecule has 0 heterocycles. The van der Waals surface area contributed by atoms with E-state index in [1.807, 2.05) is 13.8 Å². The lowest BCUT2D eigenvalue weighted by molar-refractivity contribution is -0.121. The van der Waals surface area contributed by atoms with Gasteiger partial charge in [-0.2, -0.15) is 0 Å². The zero-order valence-corrected chi connectivity index (χ0v) is 8.99. The predicted octanol–water partition coefficient (Wildman–Crippen LogP) is 1.19. The number of carbonyl (C=O) groups excluding carboxylic acids is 1. The van der Waals surface area contributed by atoms with Crippen LogP contribution < -0.4 is 11.1 Å². The van der Waals surface area contributed by atoms with Crippen LogP contribution in [0.3, 0.4) is 0 Å². The number of allylic oxidation sites excluding steroid dienone is 2. The number of primary amides is 1. The number of hydrogen-bond acceptors (Lipinski definition) is 2. The Morgan fingerprint density at radius 2 is 2.21 bits per heavy atom. The SMILES string of the molecule is CC(C)NC(C(N)=O)C1CC=CCC1. The van der Waals surface area contributed by atoms with Crippen molar-refractivity contribution < 1.29 is 4.79 Å². The fourth-order valence-electron chi connectivity index (χ4n) is 1.93. The van der Waals surface area contributed by atoms with Crippen LogP contribution in [0.15, 0.2) is 12.2 Å². The minimum absolute atomic E-state index is 0.167. The van der Waals surface area contributed by atoms with Crippen LogP contribution in [-0.4, -0.2) is 18.0 Å². The third kappa shape index (κ3) is 3.14. The number of nitrogens with two attached hydrogens (primary N) is 1. The maximum atomic E-state index is 11.3. The second-order valence-electron chi connectivity index (χ2n) is 4.25. The first-order valence-corrected chi connectivity index (χ1v) is 5.31. The van der Waals surface area contributed by atoms with Gasteiger partial charge in [0.25, 0.3) is 0 Å². The van der Waals surface area contributed by atoms with Crippen molar-refractivity contribution in [3.8, 4) is 0 Å². The third-order valence-corrected chi connectivity index (χ3v) is 2.60. The minimum Gasteiger partial charge on any atom is -0.368 e. The highest BCUT2D eigenvalue weighted by Crippen LogP contribution is 2.21. The molecule has 2 atom stereocenters. The maximum absolute atomic E-state index is 11.3. The van der Waals surface area contributed by atoms with Crippen molar-refractivity contribution in [3.63, 3.8) is 0 Å². The maximum Gasteiger partial charge on any atom is 0.234 e. The monoisotopic (exact) mass is 196 g/mol. The first-order valence-electron chi connectivity index (χ1n) is 5.31. The molecule has 3 heteroatoms. The van der Waals surface area contributed by atoms with E-state index >= 15 is 0 Å². The van der Waals surface area contributed by atoms with Gasteiger partial charge in [-0.25, -0.2) is 0 Å². The fourth-order valence-corrected chi connectivity index (χ4v) is 1.93. The van der Waals surface area contributed by atoms with Crippen LogP contribution in [0.4, 0.5) is 0 Å². The van der Waals surface area contributed by atoms with Gasteiger partial charge < -0.3 is 11.1 Å². The molecule has 80 valence electrons. The highest BCUT2D eigenvalue weighted by molar-refractivity contribution is 5.80. The molecule has 3 N–H and O–H groups in total. The number of nitrogens with one attached hydrogen (secondary N) is 1. The van der Waals surface area contributed by atoms with Crippen molar-refractivity contribution in [1.82, 2.24) is 5.32 Å².